The first-order valence-electron chi connectivity index (χ1n) is 8.42. The maximum Gasteiger partial charge on any atom is 0.250 e. The molecular formula is C19H22N2O3. The highest BCUT2D eigenvalue weighted by Gasteiger charge is 2.34. The van der Waals surface area contributed by atoms with Gasteiger partial charge in [0, 0.05) is 43.9 Å². The molecule has 0 saturated carbocycles. The van der Waals surface area contributed by atoms with Gasteiger partial charge in [-0.25, -0.2) is 0 Å². The van der Waals surface area contributed by atoms with Gasteiger partial charge in [-0.2, -0.15) is 0 Å². The number of methoxy groups -OCH3 is 1. The lowest BCUT2D eigenvalue weighted by molar-refractivity contribution is 0.114. The minimum atomic E-state index is 0.121. The summed E-state index contributed by atoms with van der Waals surface area (Å²) in [6, 6.07) is 11.2. The van der Waals surface area contributed by atoms with Crippen molar-refractivity contribution in [2.24, 2.45) is 5.92 Å². The van der Waals surface area contributed by atoms with Crippen molar-refractivity contribution in [1.82, 2.24) is 9.47 Å². The van der Waals surface area contributed by atoms with Crippen LogP contribution in [0.1, 0.15) is 23.6 Å². The van der Waals surface area contributed by atoms with E-state index in [2.05, 4.69) is 11.0 Å². The molecule has 0 amide bonds. The molecule has 1 N–H and O–H groups in total. The molecule has 2 aliphatic heterocycles. The number of rotatable bonds is 3. The van der Waals surface area contributed by atoms with Crippen LogP contribution in [0.2, 0.25) is 0 Å². The average molecular weight is 326 g/mol. The monoisotopic (exact) mass is 326 g/mol. The van der Waals surface area contributed by atoms with E-state index < -0.39 is 0 Å². The lowest BCUT2D eigenvalue weighted by atomic mass is 9.83. The van der Waals surface area contributed by atoms with Crippen LogP contribution in [0.5, 0.6) is 11.5 Å². The summed E-state index contributed by atoms with van der Waals surface area (Å²) in [6.07, 6.45) is 1.16. The quantitative estimate of drug-likeness (QED) is 0.939. The minimum absolute atomic E-state index is 0.121. The Kier molecular flexibility index (Phi) is 3.81. The van der Waals surface area contributed by atoms with Gasteiger partial charge in [-0.3, -0.25) is 9.69 Å². The topological polar surface area (TPSA) is 54.7 Å². The first-order valence-corrected chi connectivity index (χ1v) is 8.42. The molecule has 3 heterocycles. The molecule has 24 heavy (non-hydrogen) atoms. The molecule has 1 fully saturated rings. The molecule has 2 bridgehead atoms. The van der Waals surface area contributed by atoms with Crippen molar-refractivity contribution in [3.8, 4) is 11.5 Å². The van der Waals surface area contributed by atoms with Crippen molar-refractivity contribution in [2.75, 3.05) is 20.2 Å². The Morgan fingerprint density at radius 1 is 1.21 bits per heavy atom. The Morgan fingerprint density at radius 3 is 2.88 bits per heavy atom. The third-order valence-electron chi connectivity index (χ3n) is 5.20. The Labute approximate surface area is 141 Å². The number of phenols is 1. The van der Waals surface area contributed by atoms with Gasteiger partial charge < -0.3 is 14.4 Å². The highest BCUT2D eigenvalue weighted by atomic mass is 16.5. The number of likely N-dealkylation sites (tertiary alicyclic amines) is 1. The van der Waals surface area contributed by atoms with Crippen LogP contribution in [-0.4, -0.2) is 34.8 Å². The molecule has 2 aliphatic rings. The Morgan fingerprint density at radius 2 is 2.08 bits per heavy atom. The standard InChI is InChI=1S/C19H22N2O3/c1-24-18-6-5-13(8-17(18)22)9-20-10-14-7-15(12-20)16-3-2-4-19(23)21(16)11-14/h2-6,8,14-15,22H,7,9-12H2,1H3/t14-,15-/m0/s1. The van der Waals surface area contributed by atoms with Gasteiger partial charge in [0.05, 0.1) is 7.11 Å². The number of benzene rings is 1. The third kappa shape index (κ3) is 2.69. The summed E-state index contributed by atoms with van der Waals surface area (Å²) >= 11 is 0. The number of hydrogen-bond donors (Lipinski definition) is 1. The highest BCUT2D eigenvalue weighted by molar-refractivity contribution is 5.41. The van der Waals surface area contributed by atoms with Crippen LogP contribution in [0.25, 0.3) is 0 Å². The molecule has 2 atom stereocenters. The Bertz CT molecular complexity index is 814. The van der Waals surface area contributed by atoms with Crippen molar-refractivity contribution in [3.63, 3.8) is 0 Å². The van der Waals surface area contributed by atoms with Gasteiger partial charge in [0.1, 0.15) is 0 Å². The van der Waals surface area contributed by atoms with Crippen molar-refractivity contribution in [2.45, 2.75) is 25.4 Å². The largest absolute Gasteiger partial charge is 0.504 e. The molecule has 0 radical (unpaired) electrons. The smallest absolute Gasteiger partial charge is 0.250 e. The summed E-state index contributed by atoms with van der Waals surface area (Å²) in [5.74, 6) is 1.62. The second-order valence-electron chi connectivity index (χ2n) is 6.90. The molecule has 5 heteroatoms. The van der Waals surface area contributed by atoms with E-state index in [9.17, 15) is 9.90 Å². The number of hydrogen-bond acceptors (Lipinski definition) is 4. The second-order valence-corrected chi connectivity index (χ2v) is 6.90. The fourth-order valence-electron chi connectivity index (χ4n) is 4.22. The maximum absolute atomic E-state index is 12.1. The van der Waals surface area contributed by atoms with E-state index in [1.807, 2.05) is 22.8 Å². The first-order chi connectivity index (χ1) is 11.6. The van der Waals surface area contributed by atoms with Gasteiger partial charge in [-0.15, -0.1) is 0 Å². The number of phenolic OH excluding ortho intramolecular Hbond substituents is 1. The number of piperidine rings is 1. The predicted molar refractivity (Wildman–Crippen MR) is 91.5 cm³/mol. The number of ether oxygens (including phenoxy) is 1. The third-order valence-corrected chi connectivity index (χ3v) is 5.20. The van der Waals surface area contributed by atoms with Crippen LogP contribution in [-0.2, 0) is 13.1 Å². The van der Waals surface area contributed by atoms with E-state index in [0.717, 1.165) is 38.2 Å². The number of aromatic nitrogens is 1. The number of aromatic hydroxyl groups is 1. The van der Waals surface area contributed by atoms with Crippen molar-refractivity contribution >= 4 is 0 Å². The van der Waals surface area contributed by atoms with Crippen LogP contribution < -0.4 is 10.3 Å². The van der Waals surface area contributed by atoms with Gasteiger partial charge in [0.2, 0.25) is 0 Å². The summed E-state index contributed by atoms with van der Waals surface area (Å²) in [5.41, 5.74) is 2.37. The van der Waals surface area contributed by atoms with E-state index in [4.69, 9.17) is 4.74 Å². The van der Waals surface area contributed by atoms with Gasteiger partial charge in [-0.05, 0) is 36.1 Å². The van der Waals surface area contributed by atoms with E-state index >= 15 is 0 Å². The van der Waals surface area contributed by atoms with E-state index in [1.54, 1.807) is 19.2 Å². The lowest BCUT2D eigenvalue weighted by Crippen LogP contribution is -2.46. The lowest BCUT2D eigenvalue weighted by Gasteiger charge is -2.42. The van der Waals surface area contributed by atoms with Crippen LogP contribution in [0, 0.1) is 5.92 Å². The van der Waals surface area contributed by atoms with Gasteiger partial charge >= 0.3 is 0 Å². The molecule has 4 rings (SSSR count). The van der Waals surface area contributed by atoms with Crippen LogP contribution in [0.15, 0.2) is 41.2 Å². The Balaban J connectivity index is 1.54. The van der Waals surface area contributed by atoms with Crippen molar-refractivity contribution in [1.29, 1.82) is 0 Å². The normalized spacial score (nSPS) is 22.9. The minimum Gasteiger partial charge on any atom is -0.504 e. The molecule has 0 aliphatic carbocycles. The molecule has 2 aromatic rings. The number of fused-ring (bicyclic) bond motifs is 4. The zero-order chi connectivity index (χ0) is 16.7. The first kappa shape index (κ1) is 15.3. The maximum atomic E-state index is 12.1. The fourth-order valence-corrected chi connectivity index (χ4v) is 4.22. The zero-order valence-electron chi connectivity index (χ0n) is 13.8. The number of pyridine rings is 1. The summed E-state index contributed by atoms with van der Waals surface area (Å²) in [5, 5.41) is 9.96. The van der Waals surface area contributed by atoms with Gasteiger partial charge in [-0.1, -0.05) is 12.1 Å². The molecule has 5 nitrogen and oxygen atoms in total. The number of nitrogens with zero attached hydrogens (tertiary/aromatic N) is 2. The molecule has 1 saturated heterocycles. The van der Waals surface area contributed by atoms with E-state index in [0.29, 0.717) is 17.6 Å². The molecule has 1 aromatic carbocycles. The summed E-state index contributed by atoms with van der Waals surface area (Å²) < 4.78 is 7.06. The predicted octanol–water partition coefficient (Wildman–Crippen LogP) is 2.18. The molecule has 0 spiro atoms. The summed E-state index contributed by atoms with van der Waals surface area (Å²) in [4.78, 5) is 14.5. The Hall–Kier alpha value is -2.27. The highest BCUT2D eigenvalue weighted by Crippen LogP contribution is 2.36. The van der Waals surface area contributed by atoms with E-state index in [-0.39, 0.29) is 11.3 Å². The average Bonchev–Trinajstić information content (AvgIpc) is 2.56. The zero-order valence-corrected chi connectivity index (χ0v) is 13.8. The SMILES string of the molecule is COc1ccc(CN2C[C@@H]3C[C@@H](C2)c2cccc(=O)n2C3)cc1O. The molecule has 126 valence electrons. The molecular weight excluding hydrogens is 304 g/mol. The summed E-state index contributed by atoms with van der Waals surface area (Å²) in [7, 11) is 1.56. The van der Waals surface area contributed by atoms with Gasteiger partial charge in [0.15, 0.2) is 11.5 Å². The summed E-state index contributed by atoms with van der Waals surface area (Å²) in [6.45, 7) is 3.56. The fraction of sp³-hybridized carbons (Fsp3) is 0.421. The van der Waals surface area contributed by atoms with Crippen LogP contribution >= 0.6 is 0 Å². The van der Waals surface area contributed by atoms with Crippen LogP contribution in [0.3, 0.4) is 0 Å². The van der Waals surface area contributed by atoms with Gasteiger partial charge in [0.25, 0.3) is 5.56 Å². The second kappa shape index (κ2) is 5.98. The van der Waals surface area contributed by atoms with E-state index in [1.165, 1.54) is 5.69 Å². The van der Waals surface area contributed by atoms with Crippen molar-refractivity contribution in [3.05, 3.63) is 58.0 Å². The van der Waals surface area contributed by atoms with Crippen LogP contribution in [0.4, 0.5) is 0 Å². The molecule has 1 aromatic heterocycles. The van der Waals surface area contributed by atoms with Crippen molar-refractivity contribution < 1.29 is 9.84 Å². The molecule has 0 unspecified atom stereocenters.